The maximum Gasteiger partial charge on any atom is 0.148 e. The van der Waals surface area contributed by atoms with E-state index in [1.165, 1.54) is 5.56 Å². The molecule has 3 rings (SSSR count). The highest BCUT2D eigenvalue weighted by molar-refractivity contribution is 5.88. The summed E-state index contributed by atoms with van der Waals surface area (Å²) < 4.78 is 0. The van der Waals surface area contributed by atoms with E-state index in [0.29, 0.717) is 5.82 Å². The Labute approximate surface area is 113 Å². The third-order valence-corrected chi connectivity index (χ3v) is 3.85. The lowest BCUT2D eigenvalue weighted by Crippen LogP contribution is -2.28. The molecular weight excluding hydrogens is 236 g/mol. The van der Waals surface area contributed by atoms with Gasteiger partial charge in [0.25, 0.3) is 0 Å². The second-order valence-corrected chi connectivity index (χ2v) is 5.22. The van der Waals surface area contributed by atoms with Gasteiger partial charge in [0.2, 0.25) is 0 Å². The molecule has 0 fully saturated rings. The molecule has 0 saturated carbocycles. The van der Waals surface area contributed by atoms with E-state index in [4.69, 9.17) is 10.7 Å². The summed E-state index contributed by atoms with van der Waals surface area (Å²) in [6, 6.07) is 6.54. The third-order valence-electron chi connectivity index (χ3n) is 3.85. The third kappa shape index (κ3) is 1.67. The molecule has 4 nitrogen and oxygen atoms in total. The number of aryl methyl sites for hydroxylation is 2. The monoisotopic (exact) mass is 254 g/mol. The summed E-state index contributed by atoms with van der Waals surface area (Å²) in [6.07, 6.45) is 0. The molecule has 0 aliphatic carbocycles. The first kappa shape index (κ1) is 12.0. The molecule has 4 heteroatoms. The van der Waals surface area contributed by atoms with Gasteiger partial charge in [0.15, 0.2) is 0 Å². The highest BCUT2D eigenvalue weighted by Crippen LogP contribution is 2.45. The van der Waals surface area contributed by atoms with Crippen molar-refractivity contribution < 1.29 is 0 Å². The minimum atomic E-state index is 0.252. The van der Waals surface area contributed by atoms with Crippen molar-refractivity contribution in [3.05, 3.63) is 35.2 Å². The number of nitrogens with two attached hydrogens (primary N) is 1. The number of anilines is 2. The highest BCUT2D eigenvalue weighted by Gasteiger charge is 2.29. The van der Waals surface area contributed by atoms with Crippen molar-refractivity contribution in [2.45, 2.75) is 26.8 Å². The van der Waals surface area contributed by atoms with Gasteiger partial charge in [-0.05, 0) is 32.9 Å². The number of pyridine rings is 2. The summed E-state index contributed by atoms with van der Waals surface area (Å²) in [5, 5.41) is 0. The molecule has 0 aromatic carbocycles. The van der Waals surface area contributed by atoms with Gasteiger partial charge < -0.3 is 10.6 Å². The van der Waals surface area contributed by atoms with Crippen LogP contribution in [0.2, 0.25) is 0 Å². The van der Waals surface area contributed by atoms with Crippen molar-refractivity contribution in [1.82, 2.24) is 9.97 Å². The number of fused-ring (bicyclic) bond motifs is 3. The van der Waals surface area contributed by atoms with Gasteiger partial charge >= 0.3 is 0 Å². The van der Waals surface area contributed by atoms with Gasteiger partial charge in [-0.25, -0.2) is 4.98 Å². The van der Waals surface area contributed by atoms with E-state index in [0.717, 1.165) is 28.3 Å². The Bertz CT molecular complexity index is 663. The lowest BCUT2D eigenvalue weighted by atomic mass is 9.93. The van der Waals surface area contributed by atoms with E-state index in [1.54, 1.807) is 0 Å². The molecule has 19 heavy (non-hydrogen) atoms. The number of hydrogen-bond acceptors (Lipinski definition) is 4. The van der Waals surface area contributed by atoms with Crippen LogP contribution in [0.5, 0.6) is 0 Å². The Morgan fingerprint density at radius 3 is 2.63 bits per heavy atom. The first-order valence-electron chi connectivity index (χ1n) is 6.47. The van der Waals surface area contributed by atoms with Crippen LogP contribution in [0.15, 0.2) is 18.2 Å². The summed E-state index contributed by atoms with van der Waals surface area (Å²) in [6.45, 7) is 6.14. The minimum Gasteiger partial charge on any atom is -0.382 e. The Balaban J connectivity index is 2.38. The molecule has 3 heterocycles. The molecule has 2 aromatic rings. The molecular formula is C15H18N4. The molecule has 1 unspecified atom stereocenters. The molecule has 1 aliphatic rings. The van der Waals surface area contributed by atoms with Crippen LogP contribution in [-0.2, 0) is 0 Å². The second-order valence-electron chi connectivity index (χ2n) is 5.22. The van der Waals surface area contributed by atoms with Crippen LogP contribution in [0.3, 0.4) is 0 Å². The minimum absolute atomic E-state index is 0.252. The zero-order chi connectivity index (χ0) is 13.7. The average molecular weight is 254 g/mol. The number of hydrogen-bond donors (Lipinski definition) is 1. The number of aromatic nitrogens is 2. The molecule has 0 radical (unpaired) electrons. The Kier molecular flexibility index (Phi) is 2.49. The van der Waals surface area contributed by atoms with Crippen LogP contribution < -0.4 is 10.6 Å². The van der Waals surface area contributed by atoms with E-state index in [2.05, 4.69) is 42.1 Å². The van der Waals surface area contributed by atoms with E-state index in [-0.39, 0.29) is 6.04 Å². The molecule has 1 atom stereocenters. The van der Waals surface area contributed by atoms with Gasteiger partial charge in [-0.2, -0.15) is 0 Å². The Morgan fingerprint density at radius 2 is 1.89 bits per heavy atom. The van der Waals surface area contributed by atoms with Crippen molar-refractivity contribution in [2.75, 3.05) is 17.7 Å². The number of nitrogen functional groups attached to an aromatic ring is 1. The van der Waals surface area contributed by atoms with Crippen LogP contribution in [-0.4, -0.2) is 17.0 Å². The maximum absolute atomic E-state index is 6.11. The van der Waals surface area contributed by atoms with Crippen molar-refractivity contribution in [1.29, 1.82) is 0 Å². The van der Waals surface area contributed by atoms with Gasteiger partial charge in [-0.3, -0.25) is 4.98 Å². The summed E-state index contributed by atoms with van der Waals surface area (Å²) in [4.78, 5) is 11.3. The first-order chi connectivity index (χ1) is 8.99. The average Bonchev–Trinajstić information content (AvgIpc) is 2.35. The topological polar surface area (TPSA) is 55.0 Å². The maximum atomic E-state index is 6.11. The quantitative estimate of drug-likeness (QED) is 0.785. The van der Waals surface area contributed by atoms with Crippen molar-refractivity contribution in [2.24, 2.45) is 0 Å². The summed E-state index contributed by atoms with van der Waals surface area (Å²) in [5.74, 6) is 0.582. The fourth-order valence-electron chi connectivity index (χ4n) is 2.76. The van der Waals surface area contributed by atoms with Gasteiger partial charge in [0, 0.05) is 29.6 Å². The Morgan fingerprint density at radius 1 is 1.16 bits per heavy atom. The van der Waals surface area contributed by atoms with Crippen molar-refractivity contribution >= 4 is 11.5 Å². The van der Waals surface area contributed by atoms with Gasteiger partial charge in [0.1, 0.15) is 5.82 Å². The fourth-order valence-corrected chi connectivity index (χ4v) is 2.76. The number of rotatable bonds is 0. The SMILES string of the molecule is Cc1cc2c(c(N)n1)N(C)C(C)c1ccc(C)nc1-2. The molecule has 1 aliphatic heterocycles. The number of nitrogens with zero attached hydrogens (tertiary/aromatic N) is 3. The van der Waals surface area contributed by atoms with Crippen LogP contribution in [0.25, 0.3) is 11.3 Å². The standard InChI is InChI=1S/C15H18N4/c1-8-5-6-11-10(3)19(4)14-12(13(11)17-8)7-9(2)18-15(14)16/h5-7,10H,1-4H3,(H2,16,18). The predicted molar refractivity (Wildman–Crippen MR) is 78.2 cm³/mol. The van der Waals surface area contributed by atoms with Crippen molar-refractivity contribution in [3.63, 3.8) is 0 Å². The lowest BCUT2D eigenvalue weighted by Gasteiger charge is -2.35. The van der Waals surface area contributed by atoms with Gasteiger partial charge in [0.05, 0.1) is 17.4 Å². The van der Waals surface area contributed by atoms with Crippen LogP contribution >= 0.6 is 0 Å². The molecule has 2 aromatic heterocycles. The van der Waals surface area contributed by atoms with E-state index >= 15 is 0 Å². The smallest absolute Gasteiger partial charge is 0.148 e. The fraction of sp³-hybridized carbons (Fsp3) is 0.333. The van der Waals surface area contributed by atoms with E-state index in [9.17, 15) is 0 Å². The van der Waals surface area contributed by atoms with Crippen LogP contribution in [0.4, 0.5) is 11.5 Å². The predicted octanol–water partition coefficient (Wildman–Crippen LogP) is 2.85. The molecule has 0 amide bonds. The summed E-state index contributed by atoms with van der Waals surface area (Å²) >= 11 is 0. The Hall–Kier alpha value is -2.10. The largest absolute Gasteiger partial charge is 0.382 e. The molecule has 98 valence electrons. The molecule has 2 N–H and O–H groups in total. The second kappa shape index (κ2) is 3.95. The summed E-state index contributed by atoms with van der Waals surface area (Å²) in [7, 11) is 2.06. The molecule has 0 spiro atoms. The van der Waals surface area contributed by atoms with Crippen LogP contribution in [0, 0.1) is 13.8 Å². The normalized spacial score (nSPS) is 17.1. The zero-order valence-electron chi connectivity index (χ0n) is 11.7. The van der Waals surface area contributed by atoms with Crippen LogP contribution in [0.1, 0.15) is 29.9 Å². The lowest BCUT2D eigenvalue weighted by molar-refractivity contribution is 0.725. The summed E-state index contributed by atoms with van der Waals surface area (Å²) in [5.41, 5.74) is 12.4. The molecule has 0 saturated heterocycles. The first-order valence-corrected chi connectivity index (χ1v) is 6.47. The van der Waals surface area contributed by atoms with Gasteiger partial charge in [-0.15, -0.1) is 0 Å². The van der Waals surface area contributed by atoms with Gasteiger partial charge in [-0.1, -0.05) is 6.07 Å². The van der Waals surface area contributed by atoms with E-state index in [1.807, 2.05) is 13.8 Å². The molecule has 0 bridgehead atoms. The highest BCUT2D eigenvalue weighted by atomic mass is 15.2. The zero-order valence-corrected chi connectivity index (χ0v) is 11.7. The van der Waals surface area contributed by atoms with Crippen molar-refractivity contribution in [3.8, 4) is 11.3 Å². The van der Waals surface area contributed by atoms with E-state index < -0.39 is 0 Å².